The lowest BCUT2D eigenvalue weighted by atomic mass is 9.99. The number of rotatable bonds is 13. The number of carbonyl (C=O) groups is 2. The molecule has 0 aromatic heterocycles. The molecule has 0 unspecified atom stereocenters. The average Bonchev–Trinajstić information content (AvgIpc) is 2.94. The monoisotopic (exact) mass is 597 g/mol. The Bertz CT molecular complexity index is 1250. The van der Waals surface area contributed by atoms with Crippen molar-refractivity contribution >= 4 is 45.0 Å². The minimum atomic E-state index is -0.841. The Morgan fingerprint density at radius 3 is 2.46 bits per heavy atom. The fraction of sp³-hybridized carbons (Fsp3) is 0.241. The second-order valence-corrected chi connectivity index (χ2v) is 9.31. The highest BCUT2D eigenvalue weighted by molar-refractivity contribution is 9.10. The number of allylic oxidation sites excluding steroid dienone is 1. The van der Waals surface area contributed by atoms with E-state index in [0.717, 1.165) is 4.47 Å². The maximum Gasteiger partial charge on any atom is 0.412 e. The van der Waals surface area contributed by atoms with Crippen LogP contribution in [0.2, 0.25) is 0 Å². The van der Waals surface area contributed by atoms with Gasteiger partial charge in [-0.3, -0.25) is 10.1 Å². The van der Waals surface area contributed by atoms with Crippen molar-refractivity contribution in [2.45, 2.75) is 25.0 Å². The summed E-state index contributed by atoms with van der Waals surface area (Å²) in [7, 11) is 1.53. The number of nitrogen functional groups attached to an aromatic ring is 1. The van der Waals surface area contributed by atoms with Gasteiger partial charge in [-0.1, -0.05) is 52.3 Å². The zero-order chi connectivity index (χ0) is 28.0. The van der Waals surface area contributed by atoms with Gasteiger partial charge >= 0.3 is 6.09 Å². The van der Waals surface area contributed by atoms with Gasteiger partial charge in [0, 0.05) is 22.8 Å². The van der Waals surface area contributed by atoms with E-state index in [0.29, 0.717) is 41.2 Å². The van der Waals surface area contributed by atoms with Gasteiger partial charge in [-0.25, -0.2) is 4.79 Å². The molecule has 10 heteroatoms. The topological polar surface area (TPSA) is 132 Å². The largest absolute Gasteiger partial charge is 0.491 e. The number of nitrogens with two attached hydrogens (primary N) is 1. The molecule has 0 saturated heterocycles. The van der Waals surface area contributed by atoms with Gasteiger partial charge in [-0.05, 0) is 61.4 Å². The fourth-order valence-corrected chi connectivity index (χ4v) is 4.03. The summed E-state index contributed by atoms with van der Waals surface area (Å²) in [5, 5.41) is 14.7. The van der Waals surface area contributed by atoms with Gasteiger partial charge in [0.15, 0.2) is 6.10 Å². The van der Waals surface area contributed by atoms with Crippen LogP contribution in [0.4, 0.5) is 21.9 Å². The summed E-state index contributed by atoms with van der Waals surface area (Å²) in [6.45, 7) is -0.0879. The van der Waals surface area contributed by atoms with E-state index in [9.17, 15) is 14.7 Å². The molecule has 206 valence electrons. The normalized spacial score (nSPS) is 12.5. The third-order valence-corrected chi connectivity index (χ3v) is 6.17. The lowest BCUT2D eigenvalue weighted by Crippen LogP contribution is -2.28. The van der Waals surface area contributed by atoms with Crippen LogP contribution in [0, 0.1) is 0 Å². The molecule has 9 nitrogen and oxygen atoms in total. The number of hydrogen-bond acceptors (Lipinski definition) is 7. The van der Waals surface area contributed by atoms with Gasteiger partial charge in [0.25, 0.3) is 0 Å². The summed E-state index contributed by atoms with van der Waals surface area (Å²) < 4.78 is 18.2. The van der Waals surface area contributed by atoms with Crippen LogP contribution in [-0.2, 0) is 14.3 Å². The highest BCUT2D eigenvalue weighted by atomic mass is 79.9. The van der Waals surface area contributed by atoms with E-state index in [1.807, 2.05) is 0 Å². The number of nitrogens with one attached hydrogen (secondary N) is 2. The number of amides is 2. The third kappa shape index (κ3) is 9.43. The maximum absolute atomic E-state index is 12.9. The highest BCUT2D eigenvalue weighted by Crippen LogP contribution is 2.34. The standard InChI is InChI=1S/C29H32BrN3O6/c1-37-26(12-6-7-13-27(35)33-24-10-4-3-9-23(24)31)28(22-8-2-5-11-25(22)38-19-18-34)39-29(36)32-21-16-14-20(30)15-17-21/h2-5,7-11,13-17,26,28,34H,6,12,18-19,31H2,1H3,(H,32,36)(H,33,35)/b13-7+/t26-,28-/m1/s1. The Morgan fingerprint density at radius 1 is 1.03 bits per heavy atom. The molecule has 0 saturated carbocycles. The number of carbonyl (C=O) groups excluding carboxylic acids is 2. The first-order valence-corrected chi connectivity index (χ1v) is 13.1. The molecule has 0 aliphatic rings. The first-order valence-electron chi connectivity index (χ1n) is 12.3. The van der Waals surface area contributed by atoms with Crippen LogP contribution < -0.4 is 21.1 Å². The first-order chi connectivity index (χ1) is 18.9. The molecule has 2 atom stereocenters. The number of halogens is 1. The fourth-order valence-electron chi connectivity index (χ4n) is 3.77. The van der Waals surface area contributed by atoms with E-state index >= 15 is 0 Å². The van der Waals surface area contributed by atoms with Crippen molar-refractivity contribution in [3.8, 4) is 5.75 Å². The summed E-state index contributed by atoms with van der Waals surface area (Å²) in [6.07, 6.45) is 1.95. The number of aliphatic hydroxyl groups is 1. The van der Waals surface area contributed by atoms with Crippen LogP contribution in [0.15, 0.2) is 89.4 Å². The first kappa shape index (κ1) is 29.7. The van der Waals surface area contributed by atoms with Crippen LogP contribution in [-0.4, -0.2) is 43.5 Å². The van der Waals surface area contributed by atoms with Crippen LogP contribution in [0.25, 0.3) is 0 Å². The molecule has 0 fully saturated rings. The SMILES string of the molecule is CO[C@H](CC/C=C/C(=O)Nc1ccccc1N)[C@H](OC(=O)Nc1ccc(Br)cc1)c1ccccc1OCCO. The van der Waals surface area contributed by atoms with Crippen LogP contribution in [0.5, 0.6) is 5.75 Å². The van der Waals surface area contributed by atoms with Crippen LogP contribution in [0.3, 0.4) is 0 Å². The number of ether oxygens (including phenoxy) is 3. The van der Waals surface area contributed by atoms with Gasteiger partial charge in [0.1, 0.15) is 12.4 Å². The summed E-state index contributed by atoms with van der Waals surface area (Å²) in [5.41, 5.74) is 8.04. The van der Waals surface area contributed by atoms with Crippen molar-refractivity contribution < 1.29 is 28.9 Å². The predicted molar refractivity (Wildman–Crippen MR) is 155 cm³/mol. The minimum absolute atomic E-state index is 0.0796. The molecule has 5 N–H and O–H groups in total. The van der Waals surface area contributed by atoms with E-state index in [1.54, 1.807) is 78.9 Å². The third-order valence-electron chi connectivity index (χ3n) is 5.65. The van der Waals surface area contributed by atoms with Crippen molar-refractivity contribution in [1.29, 1.82) is 0 Å². The summed E-state index contributed by atoms with van der Waals surface area (Å²) in [4.78, 5) is 25.2. The molecule has 3 aromatic carbocycles. The molecule has 3 rings (SSSR count). The number of para-hydroxylation sites is 3. The maximum atomic E-state index is 12.9. The Balaban J connectivity index is 1.73. The van der Waals surface area contributed by atoms with Crippen LogP contribution in [0.1, 0.15) is 24.5 Å². The number of anilines is 3. The van der Waals surface area contributed by atoms with Crippen molar-refractivity contribution in [1.82, 2.24) is 0 Å². The molecule has 0 radical (unpaired) electrons. The molecule has 39 heavy (non-hydrogen) atoms. The Labute approximate surface area is 236 Å². The van der Waals surface area contributed by atoms with Gasteiger partial charge in [0.2, 0.25) is 5.91 Å². The van der Waals surface area contributed by atoms with Gasteiger partial charge in [0.05, 0.1) is 24.1 Å². The molecular weight excluding hydrogens is 566 g/mol. The van der Waals surface area contributed by atoms with E-state index in [2.05, 4.69) is 26.6 Å². The Morgan fingerprint density at radius 2 is 1.74 bits per heavy atom. The molecular formula is C29H32BrN3O6. The number of benzene rings is 3. The van der Waals surface area contributed by atoms with Gasteiger partial charge in [-0.2, -0.15) is 0 Å². The molecule has 0 bridgehead atoms. The summed E-state index contributed by atoms with van der Waals surface area (Å²) in [6, 6.07) is 21.2. The van der Waals surface area contributed by atoms with Crippen molar-refractivity contribution in [2.75, 3.05) is 36.7 Å². The van der Waals surface area contributed by atoms with Gasteiger partial charge in [-0.15, -0.1) is 0 Å². The Kier molecular flexibility index (Phi) is 11.8. The van der Waals surface area contributed by atoms with Crippen molar-refractivity contribution in [3.63, 3.8) is 0 Å². The number of hydrogen-bond donors (Lipinski definition) is 4. The van der Waals surface area contributed by atoms with E-state index in [-0.39, 0.29) is 19.1 Å². The van der Waals surface area contributed by atoms with E-state index in [1.165, 1.54) is 13.2 Å². The second-order valence-electron chi connectivity index (χ2n) is 8.40. The van der Waals surface area contributed by atoms with Gasteiger partial charge < -0.3 is 30.4 Å². The number of methoxy groups -OCH3 is 1. The predicted octanol–water partition coefficient (Wildman–Crippen LogP) is 5.68. The lowest BCUT2D eigenvalue weighted by Gasteiger charge is -2.27. The quantitative estimate of drug-likeness (QED) is 0.147. The van der Waals surface area contributed by atoms with E-state index < -0.39 is 18.3 Å². The molecule has 2 amide bonds. The van der Waals surface area contributed by atoms with Crippen molar-refractivity contribution in [3.05, 3.63) is 95.0 Å². The zero-order valence-electron chi connectivity index (χ0n) is 21.5. The smallest absolute Gasteiger partial charge is 0.412 e. The van der Waals surface area contributed by atoms with Crippen molar-refractivity contribution in [2.24, 2.45) is 0 Å². The second kappa shape index (κ2) is 15.5. The number of aliphatic hydroxyl groups excluding tert-OH is 1. The molecule has 3 aromatic rings. The summed E-state index contributed by atoms with van der Waals surface area (Å²) >= 11 is 3.37. The molecule has 0 aliphatic heterocycles. The minimum Gasteiger partial charge on any atom is -0.491 e. The van der Waals surface area contributed by atoms with E-state index in [4.69, 9.17) is 19.9 Å². The molecule has 0 spiro atoms. The Hall–Kier alpha value is -3.86. The highest BCUT2D eigenvalue weighted by Gasteiger charge is 2.29. The lowest BCUT2D eigenvalue weighted by molar-refractivity contribution is -0.111. The summed E-state index contributed by atoms with van der Waals surface area (Å²) in [5.74, 6) is 0.150. The zero-order valence-corrected chi connectivity index (χ0v) is 23.1. The molecule has 0 heterocycles. The average molecular weight is 598 g/mol. The molecule has 0 aliphatic carbocycles. The van der Waals surface area contributed by atoms with Crippen LogP contribution >= 0.6 is 15.9 Å².